The molecule has 1 saturated heterocycles. The fourth-order valence-electron chi connectivity index (χ4n) is 2.41. The molecule has 0 amide bonds. The van der Waals surface area contributed by atoms with E-state index in [1.807, 2.05) is 0 Å². The first-order valence-electron chi connectivity index (χ1n) is 6.22. The Labute approximate surface area is 103 Å². The third-order valence-corrected chi connectivity index (χ3v) is 4.37. The second kappa shape index (κ2) is 6.31. The minimum atomic E-state index is 0.343. The van der Waals surface area contributed by atoms with E-state index in [-0.39, 0.29) is 0 Å². The van der Waals surface area contributed by atoms with Gasteiger partial charge in [-0.2, -0.15) is 11.8 Å². The van der Waals surface area contributed by atoms with Crippen LogP contribution < -0.4 is 5.73 Å². The molecule has 2 N–H and O–H groups in total. The van der Waals surface area contributed by atoms with Crippen LogP contribution in [0.4, 0.5) is 0 Å². The molecule has 1 unspecified atom stereocenters. The molecule has 1 fully saturated rings. The third-order valence-electron chi connectivity index (χ3n) is 3.32. The molecule has 2 heteroatoms. The maximum atomic E-state index is 6.23. The van der Waals surface area contributed by atoms with E-state index in [9.17, 15) is 0 Å². The van der Waals surface area contributed by atoms with Crippen molar-refractivity contribution < 1.29 is 0 Å². The number of rotatable bonds is 4. The van der Waals surface area contributed by atoms with Gasteiger partial charge < -0.3 is 5.73 Å². The summed E-state index contributed by atoms with van der Waals surface area (Å²) in [6, 6.07) is 11.0. The molecule has 1 nitrogen and oxygen atoms in total. The zero-order chi connectivity index (χ0) is 11.2. The van der Waals surface area contributed by atoms with E-state index in [0.717, 1.165) is 12.3 Å². The molecule has 0 aliphatic carbocycles. The lowest BCUT2D eigenvalue weighted by atomic mass is 9.92. The molecular weight excluding hydrogens is 214 g/mol. The lowest BCUT2D eigenvalue weighted by Crippen LogP contribution is -2.27. The van der Waals surface area contributed by atoms with Crippen LogP contribution in [0.15, 0.2) is 30.3 Å². The second-order valence-corrected chi connectivity index (χ2v) is 5.97. The van der Waals surface area contributed by atoms with Gasteiger partial charge >= 0.3 is 0 Å². The normalized spacial score (nSPS) is 19.6. The van der Waals surface area contributed by atoms with Gasteiger partial charge in [0.15, 0.2) is 0 Å². The first-order valence-corrected chi connectivity index (χ1v) is 7.37. The molecule has 0 radical (unpaired) electrons. The molecule has 1 aromatic carbocycles. The van der Waals surface area contributed by atoms with Crippen LogP contribution in [-0.4, -0.2) is 17.5 Å². The molecule has 2 rings (SSSR count). The van der Waals surface area contributed by atoms with Crippen molar-refractivity contribution in [1.29, 1.82) is 0 Å². The maximum absolute atomic E-state index is 6.23. The number of thioether (sulfide) groups is 1. The van der Waals surface area contributed by atoms with Crippen molar-refractivity contribution in [3.8, 4) is 0 Å². The Hall–Kier alpha value is -0.470. The van der Waals surface area contributed by atoms with Crippen molar-refractivity contribution in [3.63, 3.8) is 0 Å². The Balaban J connectivity index is 1.77. The van der Waals surface area contributed by atoms with Crippen molar-refractivity contribution >= 4 is 11.8 Å². The summed E-state index contributed by atoms with van der Waals surface area (Å²) in [4.78, 5) is 0. The van der Waals surface area contributed by atoms with Crippen LogP contribution in [0.1, 0.15) is 24.8 Å². The van der Waals surface area contributed by atoms with Gasteiger partial charge in [0.1, 0.15) is 0 Å². The van der Waals surface area contributed by atoms with Gasteiger partial charge in [-0.25, -0.2) is 0 Å². The predicted molar refractivity (Wildman–Crippen MR) is 72.8 cm³/mol. The van der Waals surface area contributed by atoms with Gasteiger partial charge in [-0.15, -0.1) is 0 Å². The highest BCUT2D eigenvalue weighted by molar-refractivity contribution is 7.99. The lowest BCUT2D eigenvalue weighted by Gasteiger charge is -2.24. The topological polar surface area (TPSA) is 26.0 Å². The van der Waals surface area contributed by atoms with E-state index >= 15 is 0 Å². The summed E-state index contributed by atoms with van der Waals surface area (Å²) in [5.74, 6) is 3.55. The SMILES string of the molecule is NC(Cc1ccccc1)CC1CCSCC1. The summed E-state index contributed by atoms with van der Waals surface area (Å²) < 4.78 is 0. The summed E-state index contributed by atoms with van der Waals surface area (Å²) in [6.07, 6.45) is 4.97. The van der Waals surface area contributed by atoms with Crippen LogP contribution in [-0.2, 0) is 6.42 Å². The first kappa shape index (κ1) is 12.0. The van der Waals surface area contributed by atoms with Gasteiger partial charge in [-0.3, -0.25) is 0 Å². The van der Waals surface area contributed by atoms with Gasteiger partial charge in [0.2, 0.25) is 0 Å². The monoisotopic (exact) mass is 235 g/mol. The van der Waals surface area contributed by atoms with Crippen molar-refractivity contribution in [2.24, 2.45) is 11.7 Å². The van der Waals surface area contributed by atoms with Crippen LogP contribution in [0.5, 0.6) is 0 Å². The molecule has 16 heavy (non-hydrogen) atoms. The lowest BCUT2D eigenvalue weighted by molar-refractivity contribution is 0.406. The molecule has 0 aromatic heterocycles. The molecule has 88 valence electrons. The zero-order valence-electron chi connectivity index (χ0n) is 9.77. The predicted octanol–water partition coefficient (Wildman–Crippen LogP) is 3.09. The van der Waals surface area contributed by atoms with Crippen LogP contribution in [0.2, 0.25) is 0 Å². The Morgan fingerprint density at radius 1 is 1.19 bits per heavy atom. The van der Waals surface area contributed by atoms with E-state index in [4.69, 9.17) is 5.73 Å². The molecule has 0 saturated carbocycles. The number of nitrogens with two attached hydrogens (primary N) is 1. The van der Waals surface area contributed by atoms with Crippen LogP contribution >= 0.6 is 11.8 Å². The van der Waals surface area contributed by atoms with Gasteiger partial charge in [0.05, 0.1) is 0 Å². The molecule has 1 aliphatic heterocycles. The third kappa shape index (κ3) is 3.84. The van der Waals surface area contributed by atoms with Crippen LogP contribution in [0, 0.1) is 5.92 Å². The van der Waals surface area contributed by atoms with E-state index < -0.39 is 0 Å². The highest BCUT2D eigenvalue weighted by atomic mass is 32.2. The van der Waals surface area contributed by atoms with E-state index in [2.05, 4.69) is 42.1 Å². The Morgan fingerprint density at radius 2 is 1.88 bits per heavy atom. The van der Waals surface area contributed by atoms with Crippen molar-refractivity contribution in [2.45, 2.75) is 31.7 Å². The van der Waals surface area contributed by atoms with E-state index in [1.165, 1.54) is 36.3 Å². The Kier molecular flexibility index (Phi) is 4.73. The highest BCUT2D eigenvalue weighted by Crippen LogP contribution is 2.26. The molecule has 0 spiro atoms. The zero-order valence-corrected chi connectivity index (χ0v) is 10.6. The fraction of sp³-hybridized carbons (Fsp3) is 0.571. The minimum Gasteiger partial charge on any atom is -0.327 e. The summed E-state index contributed by atoms with van der Waals surface area (Å²) in [7, 11) is 0. The molecule has 1 atom stereocenters. The van der Waals surface area contributed by atoms with Crippen molar-refractivity contribution in [1.82, 2.24) is 0 Å². The average Bonchev–Trinajstić information content (AvgIpc) is 2.31. The summed E-state index contributed by atoms with van der Waals surface area (Å²) in [6.45, 7) is 0. The Morgan fingerprint density at radius 3 is 2.56 bits per heavy atom. The van der Waals surface area contributed by atoms with Gasteiger partial charge in [-0.05, 0) is 48.7 Å². The molecular formula is C14H21NS. The Bertz CT molecular complexity index is 293. The van der Waals surface area contributed by atoms with Gasteiger partial charge in [-0.1, -0.05) is 30.3 Å². The largest absolute Gasteiger partial charge is 0.327 e. The number of benzene rings is 1. The van der Waals surface area contributed by atoms with Gasteiger partial charge in [0.25, 0.3) is 0 Å². The summed E-state index contributed by atoms with van der Waals surface area (Å²) >= 11 is 2.09. The first-order chi connectivity index (χ1) is 7.84. The van der Waals surface area contributed by atoms with Crippen LogP contribution in [0.25, 0.3) is 0 Å². The van der Waals surface area contributed by atoms with Crippen molar-refractivity contribution in [2.75, 3.05) is 11.5 Å². The minimum absolute atomic E-state index is 0.343. The fourth-order valence-corrected chi connectivity index (χ4v) is 3.61. The number of hydrogen-bond acceptors (Lipinski definition) is 2. The maximum Gasteiger partial charge on any atom is 0.00819 e. The summed E-state index contributed by atoms with van der Waals surface area (Å²) in [5.41, 5.74) is 7.60. The quantitative estimate of drug-likeness (QED) is 0.868. The molecule has 1 aliphatic rings. The number of hydrogen-bond donors (Lipinski definition) is 1. The molecule has 1 aromatic rings. The average molecular weight is 235 g/mol. The van der Waals surface area contributed by atoms with E-state index in [0.29, 0.717) is 6.04 Å². The van der Waals surface area contributed by atoms with Crippen LogP contribution in [0.3, 0.4) is 0 Å². The summed E-state index contributed by atoms with van der Waals surface area (Å²) in [5, 5.41) is 0. The second-order valence-electron chi connectivity index (χ2n) is 4.74. The molecule has 1 heterocycles. The standard InChI is InChI=1S/C14H21NS/c15-14(10-12-4-2-1-3-5-12)11-13-6-8-16-9-7-13/h1-5,13-14H,6-11,15H2. The van der Waals surface area contributed by atoms with Gasteiger partial charge in [0, 0.05) is 6.04 Å². The highest BCUT2D eigenvalue weighted by Gasteiger charge is 2.16. The smallest absolute Gasteiger partial charge is 0.00819 e. The van der Waals surface area contributed by atoms with E-state index in [1.54, 1.807) is 0 Å². The molecule has 0 bridgehead atoms. The van der Waals surface area contributed by atoms with Crippen molar-refractivity contribution in [3.05, 3.63) is 35.9 Å².